The van der Waals surface area contributed by atoms with Crippen molar-refractivity contribution in [3.63, 3.8) is 0 Å². The summed E-state index contributed by atoms with van der Waals surface area (Å²) in [6.07, 6.45) is 0. The van der Waals surface area contributed by atoms with Gasteiger partial charge in [-0.25, -0.2) is 4.99 Å². The van der Waals surface area contributed by atoms with Crippen LogP contribution < -0.4 is 17.2 Å². The van der Waals surface area contributed by atoms with E-state index < -0.39 is 0 Å². The average Bonchev–Trinajstić information content (AvgIpc) is 1.63. The van der Waals surface area contributed by atoms with E-state index in [0.29, 0.717) is 5.70 Å². The van der Waals surface area contributed by atoms with Crippen molar-refractivity contribution in [2.24, 2.45) is 22.2 Å². The van der Waals surface area contributed by atoms with Gasteiger partial charge in [0.25, 0.3) is 0 Å². The van der Waals surface area contributed by atoms with Crippen LogP contribution in [-0.2, 0) is 0 Å². The molecule has 0 aliphatic rings. The highest BCUT2D eigenvalue weighted by molar-refractivity contribution is 6.29. The highest BCUT2D eigenvalue weighted by Gasteiger charge is 1.89. The lowest BCUT2D eigenvalue weighted by molar-refractivity contribution is 1.22. The number of hydrogen-bond acceptors (Lipinski definition) is 2. The van der Waals surface area contributed by atoms with Crippen molar-refractivity contribution < 1.29 is 0 Å². The number of aliphatic imine (C=N–C) groups is 1. The van der Waals surface area contributed by atoms with Gasteiger partial charge in [0.05, 0.1) is 5.70 Å². The standard InChI is InChI=1S/C4H9ClN4/c1-2(3(5)6)9-4(7)8/h6H2,1H3,(H4,7,8,9)/b3-2-. The van der Waals surface area contributed by atoms with E-state index in [9.17, 15) is 0 Å². The molecule has 0 aliphatic heterocycles. The fourth-order valence-electron chi connectivity index (χ4n) is 0.247. The maximum Gasteiger partial charge on any atom is 0.190 e. The number of nitrogens with two attached hydrogens (primary N) is 3. The summed E-state index contributed by atoms with van der Waals surface area (Å²) in [6, 6.07) is 0. The number of hydrogen-bond donors (Lipinski definition) is 3. The third kappa shape index (κ3) is 3.66. The lowest BCUT2D eigenvalue weighted by Crippen LogP contribution is -2.22. The predicted octanol–water partition coefficient (Wildman–Crippen LogP) is -0.354. The van der Waals surface area contributed by atoms with Crippen molar-refractivity contribution in [1.82, 2.24) is 0 Å². The van der Waals surface area contributed by atoms with Crippen molar-refractivity contribution in [2.75, 3.05) is 0 Å². The molecule has 0 saturated carbocycles. The Labute approximate surface area is 58.4 Å². The molecule has 0 aromatic rings. The average molecular weight is 149 g/mol. The normalized spacial score (nSPS) is 12.2. The summed E-state index contributed by atoms with van der Waals surface area (Å²) in [7, 11) is 0. The second kappa shape index (κ2) is 3.19. The summed E-state index contributed by atoms with van der Waals surface area (Å²) < 4.78 is 0. The zero-order valence-electron chi connectivity index (χ0n) is 5.06. The van der Waals surface area contributed by atoms with Gasteiger partial charge < -0.3 is 17.2 Å². The molecule has 0 aromatic heterocycles. The summed E-state index contributed by atoms with van der Waals surface area (Å²) in [5.41, 5.74) is 15.6. The molecule has 0 spiro atoms. The van der Waals surface area contributed by atoms with E-state index in [-0.39, 0.29) is 11.1 Å². The Morgan fingerprint density at radius 3 is 1.89 bits per heavy atom. The molecule has 0 aliphatic carbocycles. The first kappa shape index (κ1) is 8.10. The van der Waals surface area contributed by atoms with Crippen LogP contribution in [-0.4, -0.2) is 5.96 Å². The Hall–Kier alpha value is -0.900. The van der Waals surface area contributed by atoms with Gasteiger partial charge in [-0.3, -0.25) is 0 Å². The SMILES string of the molecule is C/C(N=C(N)N)=C(/N)Cl. The molecule has 4 nitrogen and oxygen atoms in total. The molecule has 0 radical (unpaired) electrons. The number of guanidine groups is 1. The fraction of sp³-hybridized carbons (Fsp3) is 0.250. The van der Waals surface area contributed by atoms with Gasteiger partial charge in [0.1, 0.15) is 5.16 Å². The number of nitrogens with zero attached hydrogens (tertiary/aromatic N) is 1. The summed E-state index contributed by atoms with van der Waals surface area (Å²) in [5, 5.41) is 0.100. The molecule has 0 amide bonds. The minimum absolute atomic E-state index is 0.0453. The minimum atomic E-state index is -0.0453. The predicted molar refractivity (Wildman–Crippen MR) is 38.6 cm³/mol. The van der Waals surface area contributed by atoms with E-state index in [2.05, 4.69) is 4.99 Å². The number of rotatable bonds is 1. The van der Waals surface area contributed by atoms with Crippen LogP contribution in [0.2, 0.25) is 0 Å². The molecule has 0 aromatic carbocycles. The van der Waals surface area contributed by atoms with E-state index in [4.69, 9.17) is 28.8 Å². The molecule has 5 heteroatoms. The fourth-order valence-corrected chi connectivity index (χ4v) is 0.289. The smallest absolute Gasteiger partial charge is 0.190 e. The van der Waals surface area contributed by atoms with Gasteiger partial charge in [-0.15, -0.1) is 0 Å². The summed E-state index contributed by atoms with van der Waals surface area (Å²) in [6.45, 7) is 1.61. The van der Waals surface area contributed by atoms with Crippen LogP contribution in [0, 0.1) is 0 Å². The molecule has 52 valence electrons. The Kier molecular flexibility index (Phi) is 2.87. The highest BCUT2D eigenvalue weighted by atomic mass is 35.5. The number of halogens is 1. The van der Waals surface area contributed by atoms with Gasteiger partial charge in [-0.05, 0) is 6.92 Å². The molecule has 0 heterocycles. The molecule has 6 N–H and O–H groups in total. The maximum absolute atomic E-state index is 5.31. The van der Waals surface area contributed by atoms with Crippen LogP contribution >= 0.6 is 11.6 Å². The van der Waals surface area contributed by atoms with Crippen LogP contribution in [0.5, 0.6) is 0 Å². The lowest BCUT2D eigenvalue weighted by atomic mass is 10.5. The molecule has 0 bridgehead atoms. The quantitative estimate of drug-likeness (QED) is 0.270. The van der Waals surface area contributed by atoms with E-state index in [1.807, 2.05) is 0 Å². The van der Waals surface area contributed by atoms with Gasteiger partial charge in [0.2, 0.25) is 0 Å². The third-order valence-electron chi connectivity index (χ3n) is 0.642. The van der Waals surface area contributed by atoms with Crippen molar-refractivity contribution in [3.05, 3.63) is 10.9 Å². The van der Waals surface area contributed by atoms with Crippen molar-refractivity contribution >= 4 is 17.6 Å². The van der Waals surface area contributed by atoms with E-state index in [0.717, 1.165) is 0 Å². The van der Waals surface area contributed by atoms with E-state index in [1.165, 1.54) is 0 Å². The molecule has 9 heavy (non-hydrogen) atoms. The van der Waals surface area contributed by atoms with Crippen LogP contribution in [0.25, 0.3) is 0 Å². The zero-order chi connectivity index (χ0) is 7.44. The lowest BCUT2D eigenvalue weighted by Gasteiger charge is -1.93. The molecule has 0 fully saturated rings. The van der Waals surface area contributed by atoms with E-state index in [1.54, 1.807) is 6.92 Å². The summed E-state index contributed by atoms with van der Waals surface area (Å²) >= 11 is 5.31. The molecule has 0 atom stereocenters. The summed E-state index contributed by atoms with van der Waals surface area (Å²) in [5.74, 6) is -0.0453. The number of allylic oxidation sites excluding steroid dienone is 1. The van der Waals surface area contributed by atoms with Crippen molar-refractivity contribution in [1.29, 1.82) is 0 Å². The largest absolute Gasteiger partial charge is 0.388 e. The first-order valence-electron chi connectivity index (χ1n) is 2.25. The molecule has 0 unspecified atom stereocenters. The molecular formula is C4H9ClN4. The van der Waals surface area contributed by atoms with Gasteiger partial charge in [0, 0.05) is 0 Å². The molecular weight excluding hydrogens is 140 g/mol. The first-order chi connectivity index (χ1) is 4.04. The summed E-state index contributed by atoms with van der Waals surface area (Å²) in [4.78, 5) is 3.57. The monoisotopic (exact) mass is 148 g/mol. The third-order valence-corrected chi connectivity index (χ3v) is 0.916. The van der Waals surface area contributed by atoms with Gasteiger partial charge in [-0.2, -0.15) is 0 Å². The van der Waals surface area contributed by atoms with Gasteiger partial charge in [-0.1, -0.05) is 11.6 Å². The van der Waals surface area contributed by atoms with Crippen molar-refractivity contribution in [2.45, 2.75) is 6.92 Å². The first-order valence-corrected chi connectivity index (χ1v) is 2.63. The Bertz CT molecular complexity index is 152. The van der Waals surface area contributed by atoms with Gasteiger partial charge >= 0.3 is 0 Å². The second-order valence-corrected chi connectivity index (χ2v) is 1.88. The Morgan fingerprint density at radius 1 is 1.33 bits per heavy atom. The van der Waals surface area contributed by atoms with Crippen LogP contribution in [0.4, 0.5) is 0 Å². The Morgan fingerprint density at radius 2 is 1.78 bits per heavy atom. The second-order valence-electron chi connectivity index (χ2n) is 1.47. The zero-order valence-corrected chi connectivity index (χ0v) is 5.81. The highest BCUT2D eigenvalue weighted by Crippen LogP contribution is 2.01. The topological polar surface area (TPSA) is 90.4 Å². The van der Waals surface area contributed by atoms with Crippen LogP contribution in [0.3, 0.4) is 0 Å². The maximum atomic E-state index is 5.31. The van der Waals surface area contributed by atoms with Crippen LogP contribution in [0.1, 0.15) is 6.92 Å². The minimum Gasteiger partial charge on any atom is -0.388 e. The molecule has 0 rings (SSSR count). The van der Waals surface area contributed by atoms with Crippen LogP contribution in [0.15, 0.2) is 15.8 Å². The van der Waals surface area contributed by atoms with E-state index >= 15 is 0 Å². The van der Waals surface area contributed by atoms with Crippen molar-refractivity contribution in [3.8, 4) is 0 Å². The Balaban J connectivity index is 4.25. The van der Waals surface area contributed by atoms with Gasteiger partial charge in [0.15, 0.2) is 5.96 Å². The molecule has 0 saturated heterocycles.